The lowest BCUT2D eigenvalue weighted by atomic mass is 10.1. The third-order valence-electron chi connectivity index (χ3n) is 5.01. The van der Waals surface area contributed by atoms with Crippen molar-refractivity contribution in [3.63, 3.8) is 0 Å². The molecule has 32 heavy (non-hydrogen) atoms. The van der Waals surface area contributed by atoms with E-state index in [1.165, 1.54) is 0 Å². The van der Waals surface area contributed by atoms with Gasteiger partial charge in [-0.2, -0.15) is 10.4 Å². The van der Waals surface area contributed by atoms with Crippen LogP contribution >= 0.6 is 0 Å². The first kappa shape index (κ1) is 21.4. The van der Waals surface area contributed by atoms with Gasteiger partial charge in [0, 0.05) is 24.8 Å². The van der Waals surface area contributed by atoms with Gasteiger partial charge in [0.2, 0.25) is 0 Å². The molecule has 0 radical (unpaired) electrons. The van der Waals surface area contributed by atoms with Gasteiger partial charge < -0.3 is 25.0 Å². The second-order valence-corrected chi connectivity index (χ2v) is 7.45. The fourth-order valence-corrected chi connectivity index (χ4v) is 3.39. The predicted octanol–water partition coefficient (Wildman–Crippen LogP) is 2.76. The van der Waals surface area contributed by atoms with Gasteiger partial charge in [0.15, 0.2) is 5.82 Å². The Morgan fingerprint density at radius 3 is 2.75 bits per heavy atom. The van der Waals surface area contributed by atoms with Gasteiger partial charge in [-0.3, -0.25) is 5.10 Å². The third-order valence-corrected chi connectivity index (χ3v) is 5.01. The maximum atomic E-state index is 9.53. The second kappa shape index (κ2) is 9.98. The molecule has 166 valence electrons. The van der Waals surface area contributed by atoms with Crippen LogP contribution in [0.5, 0.6) is 5.75 Å². The molecule has 1 fully saturated rings. The molecule has 4 rings (SSSR count). The molecule has 3 aromatic rings. The summed E-state index contributed by atoms with van der Waals surface area (Å²) in [6, 6.07) is 9.80. The van der Waals surface area contributed by atoms with E-state index < -0.39 is 0 Å². The van der Waals surface area contributed by atoms with Crippen LogP contribution in [0.15, 0.2) is 30.5 Å². The van der Waals surface area contributed by atoms with Gasteiger partial charge >= 0.3 is 0 Å². The molecule has 0 aromatic carbocycles. The number of nitriles is 1. The zero-order chi connectivity index (χ0) is 22.3. The Bertz CT molecular complexity index is 1080. The monoisotopic (exact) mass is 434 g/mol. The lowest BCUT2D eigenvalue weighted by molar-refractivity contribution is 0.122. The first-order valence-electron chi connectivity index (χ1n) is 10.5. The van der Waals surface area contributed by atoms with Crippen LogP contribution in [-0.4, -0.2) is 59.6 Å². The number of nitrogens with one attached hydrogen (secondary N) is 3. The molecule has 3 N–H and O–H groups in total. The van der Waals surface area contributed by atoms with E-state index in [1.807, 2.05) is 38.1 Å². The van der Waals surface area contributed by atoms with Crippen molar-refractivity contribution >= 4 is 23.3 Å². The minimum absolute atomic E-state index is 0.403. The Kier molecular flexibility index (Phi) is 6.67. The van der Waals surface area contributed by atoms with E-state index in [2.05, 4.69) is 41.8 Å². The molecule has 1 aliphatic heterocycles. The summed E-state index contributed by atoms with van der Waals surface area (Å²) in [6.07, 6.45) is 1.73. The van der Waals surface area contributed by atoms with Crippen molar-refractivity contribution in [3.05, 3.63) is 47.3 Å². The fraction of sp³-hybridized carbons (Fsp3) is 0.364. The highest BCUT2D eigenvalue weighted by atomic mass is 16.5. The second-order valence-electron chi connectivity index (χ2n) is 7.45. The van der Waals surface area contributed by atoms with E-state index >= 15 is 0 Å². The number of hydrogen-bond acceptors (Lipinski definition) is 9. The largest absolute Gasteiger partial charge is 0.490 e. The maximum Gasteiger partial charge on any atom is 0.153 e. The summed E-state index contributed by atoms with van der Waals surface area (Å²) in [5.41, 5.74) is 2.27. The zero-order valence-corrected chi connectivity index (χ0v) is 18.2. The minimum Gasteiger partial charge on any atom is -0.490 e. The van der Waals surface area contributed by atoms with Gasteiger partial charge in [0.25, 0.3) is 0 Å². The van der Waals surface area contributed by atoms with E-state index in [-0.39, 0.29) is 0 Å². The van der Waals surface area contributed by atoms with Gasteiger partial charge in [-0.05, 0) is 37.6 Å². The van der Waals surface area contributed by atoms with Crippen molar-refractivity contribution in [2.75, 3.05) is 55.0 Å². The number of aromatic nitrogens is 4. The van der Waals surface area contributed by atoms with Gasteiger partial charge in [0.05, 0.1) is 31.5 Å². The summed E-state index contributed by atoms with van der Waals surface area (Å²) in [5, 5.41) is 22.9. The summed E-state index contributed by atoms with van der Waals surface area (Å²) in [4.78, 5) is 11.2. The number of rotatable bonds is 8. The van der Waals surface area contributed by atoms with E-state index in [4.69, 9.17) is 9.47 Å². The molecular formula is C22H26N8O2. The molecular weight excluding hydrogens is 408 g/mol. The molecule has 0 bridgehead atoms. The van der Waals surface area contributed by atoms with Gasteiger partial charge in [-0.25, -0.2) is 9.97 Å². The maximum absolute atomic E-state index is 9.53. The van der Waals surface area contributed by atoms with Crippen LogP contribution in [0.25, 0.3) is 0 Å². The van der Waals surface area contributed by atoms with Crippen LogP contribution in [0.3, 0.4) is 0 Å². The van der Waals surface area contributed by atoms with Gasteiger partial charge in [-0.15, -0.1) is 0 Å². The Morgan fingerprint density at radius 1 is 1.22 bits per heavy atom. The van der Waals surface area contributed by atoms with Crippen molar-refractivity contribution in [3.8, 4) is 11.8 Å². The summed E-state index contributed by atoms with van der Waals surface area (Å²) in [6.45, 7) is 7.83. The summed E-state index contributed by atoms with van der Waals surface area (Å²) < 4.78 is 11.2. The van der Waals surface area contributed by atoms with E-state index in [0.717, 1.165) is 43.4 Å². The lowest BCUT2D eigenvalue weighted by Gasteiger charge is -2.27. The number of aryl methyl sites for hydroxylation is 2. The number of hydrogen-bond donors (Lipinski definition) is 3. The molecule has 10 nitrogen and oxygen atoms in total. The van der Waals surface area contributed by atoms with Gasteiger partial charge in [-0.1, -0.05) is 0 Å². The number of H-pyrrole nitrogens is 1. The fourth-order valence-electron chi connectivity index (χ4n) is 3.39. The summed E-state index contributed by atoms with van der Waals surface area (Å²) in [7, 11) is 0. The highest BCUT2D eigenvalue weighted by Gasteiger charge is 2.13. The first-order valence-corrected chi connectivity index (χ1v) is 10.5. The SMILES string of the molecule is Cc1cc(Nc2cc(C)c(C#N)c(NCCOc3ccc(N4CCOCC4)nc3)n2)n[nH]1. The molecule has 3 aromatic heterocycles. The number of nitrogens with zero attached hydrogens (tertiary/aromatic N) is 5. The summed E-state index contributed by atoms with van der Waals surface area (Å²) >= 11 is 0. The minimum atomic E-state index is 0.403. The topological polar surface area (TPSA) is 124 Å². The Labute approximate surface area is 186 Å². The Balaban J connectivity index is 1.33. The van der Waals surface area contributed by atoms with Crippen LogP contribution in [0.2, 0.25) is 0 Å². The molecule has 1 aliphatic rings. The Hall–Kier alpha value is -3.84. The van der Waals surface area contributed by atoms with Crippen molar-refractivity contribution in [2.24, 2.45) is 0 Å². The van der Waals surface area contributed by atoms with E-state index in [9.17, 15) is 5.26 Å². The van der Waals surface area contributed by atoms with Crippen LogP contribution < -0.4 is 20.3 Å². The molecule has 10 heteroatoms. The first-order chi connectivity index (χ1) is 15.6. The van der Waals surface area contributed by atoms with Crippen LogP contribution in [0, 0.1) is 25.2 Å². The number of ether oxygens (including phenoxy) is 2. The third kappa shape index (κ3) is 5.25. The molecule has 0 amide bonds. The van der Waals surface area contributed by atoms with Crippen LogP contribution in [-0.2, 0) is 4.74 Å². The van der Waals surface area contributed by atoms with Crippen molar-refractivity contribution in [1.29, 1.82) is 5.26 Å². The van der Waals surface area contributed by atoms with Crippen molar-refractivity contribution in [2.45, 2.75) is 13.8 Å². The Morgan fingerprint density at radius 2 is 2.06 bits per heavy atom. The smallest absolute Gasteiger partial charge is 0.153 e. The molecule has 4 heterocycles. The molecule has 0 atom stereocenters. The van der Waals surface area contributed by atoms with Gasteiger partial charge in [0.1, 0.15) is 35.9 Å². The number of pyridine rings is 2. The van der Waals surface area contributed by atoms with E-state index in [1.54, 1.807) is 6.20 Å². The molecule has 0 saturated carbocycles. The lowest BCUT2D eigenvalue weighted by Crippen LogP contribution is -2.36. The molecule has 1 saturated heterocycles. The number of aromatic amines is 1. The average Bonchev–Trinajstić information content (AvgIpc) is 3.22. The highest BCUT2D eigenvalue weighted by molar-refractivity contribution is 5.63. The van der Waals surface area contributed by atoms with Crippen molar-refractivity contribution in [1.82, 2.24) is 20.2 Å². The normalized spacial score (nSPS) is 13.5. The number of morpholine rings is 1. The summed E-state index contributed by atoms with van der Waals surface area (Å²) in [5.74, 6) is 3.40. The molecule has 0 aliphatic carbocycles. The molecule has 0 spiro atoms. The molecule has 0 unspecified atom stereocenters. The van der Waals surface area contributed by atoms with Crippen LogP contribution in [0.4, 0.5) is 23.3 Å². The standard InChI is InChI=1S/C22H26N8O2/c1-15-11-19(26-20-12-16(2)28-29-20)27-22(18(15)13-23)24-5-8-32-17-3-4-21(25-14-17)30-6-9-31-10-7-30/h3-4,11-12,14H,5-10H2,1-2H3,(H3,24,26,27,28,29). The number of anilines is 4. The quantitative estimate of drug-likeness (QED) is 0.459. The van der Waals surface area contributed by atoms with Crippen molar-refractivity contribution < 1.29 is 9.47 Å². The van der Waals surface area contributed by atoms with E-state index in [0.29, 0.717) is 41.9 Å². The predicted molar refractivity (Wildman–Crippen MR) is 122 cm³/mol. The highest BCUT2D eigenvalue weighted by Crippen LogP contribution is 2.23. The zero-order valence-electron chi connectivity index (χ0n) is 18.2. The average molecular weight is 435 g/mol. The van der Waals surface area contributed by atoms with Crippen LogP contribution in [0.1, 0.15) is 16.8 Å².